The molecule has 0 aromatic heterocycles. The molecule has 0 spiro atoms. The molecule has 1 aromatic carbocycles. The predicted molar refractivity (Wildman–Crippen MR) is 71.3 cm³/mol. The minimum absolute atomic E-state index is 0.0114. The first-order valence-electron chi connectivity index (χ1n) is 7.08. The molecular weight excluding hydrogens is 264 g/mol. The molecule has 0 atom stereocenters. The van der Waals surface area contributed by atoms with E-state index in [1.54, 1.807) is 6.07 Å². The lowest BCUT2D eigenvalue weighted by atomic mass is 9.69. The van der Waals surface area contributed by atoms with Crippen LogP contribution in [-0.4, -0.2) is 13.3 Å². The van der Waals surface area contributed by atoms with Gasteiger partial charge in [0.25, 0.3) is 6.43 Å². The Balaban J connectivity index is 2.11. The second-order valence-electron chi connectivity index (χ2n) is 5.65. The van der Waals surface area contributed by atoms with Gasteiger partial charge in [-0.1, -0.05) is 19.3 Å². The Bertz CT molecular complexity index is 499. The number of benzene rings is 1. The smallest absolute Gasteiger partial charge is 0.263 e. The van der Waals surface area contributed by atoms with Crippen LogP contribution in [0.1, 0.15) is 49.7 Å². The fourth-order valence-corrected chi connectivity index (χ4v) is 3.36. The van der Waals surface area contributed by atoms with Gasteiger partial charge in [-0.15, -0.1) is 0 Å². The summed E-state index contributed by atoms with van der Waals surface area (Å²) in [4.78, 5) is 0. The van der Waals surface area contributed by atoms with Gasteiger partial charge in [0.2, 0.25) is 6.79 Å². The quantitative estimate of drug-likeness (QED) is 0.923. The van der Waals surface area contributed by atoms with Crippen LogP contribution in [-0.2, 0) is 5.41 Å². The maximum Gasteiger partial charge on any atom is 0.263 e. The number of hydrogen-bond donors (Lipinski definition) is 1. The molecule has 0 radical (unpaired) electrons. The number of hydrogen-bond acceptors (Lipinski definition) is 3. The molecule has 5 heteroatoms. The lowest BCUT2D eigenvalue weighted by molar-refractivity contribution is 0.150. The van der Waals surface area contributed by atoms with Gasteiger partial charge in [-0.2, -0.15) is 0 Å². The fraction of sp³-hybridized carbons (Fsp3) is 0.600. The second-order valence-corrected chi connectivity index (χ2v) is 5.65. The van der Waals surface area contributed by atoms with Crippen LogP contribution in [0.5, 0.6) is 11.5 Å². The summed E-state index contributed by atoms with van der Waals surface area (Å²) in [6, 6.07) is 2.94. The summed E-state index contributed by atoms with van der Waals surface area (Å²) in [6.45, 7) is 0.547. The van der Waals surface area contributed by atoms with Crippen LogP contribution >= 0.6 is 0 Å². The third-order valence-electron chi connectivity index (χ3n) is 4.52. The summed E-state index contributed by atoms with van der Waals surface area (Å²) in [7, 11) is 0. The fourth-order valence-electron chi connectivity index (χ4n) is 3.36. The third-order valence-corrected chi connectivity index (χ3v) is 4.52. The van der Waals surface area contributed by atoms with Crippen molar-refractivity contribution in [1.29, 1.82) is 0 Å². The van der Waals surface area contributed by atoms with Crippen LogP contribution < -0.4 is 15.2 Å². The summed E-state index contributed by atoms with van der Waals surface area (Å²) < 4.78 is 37.0. The lowest BCUT2D eigenvalue weighted by Crippen LogP contribution is -2.37. The van der Waals surface area contributed by atoms with Crippen molar-refractivity contribution in [1.82, 2.24) is 0 Å². The maximum absolute atomic E-state index is 13.1. The van der Waals surface area contributed by atoms with Crippen LogP contribution in [0, 0.1) is 0 Å². The Morgan fingerprint density at radius 1 is 1.15 bits per heavy atom. The molecule has 1 saturated carbocycles. The minimum Gasteiger partial charge on any atom is -0.454 e. The number of halogens is 2. The molecule has 2 N–H and O–H groups in total. The van der Waals surface area contributed by atoms with Gasteiger partial charge < -0.3 is 15.2 Å². The van der Waals surface area contributed by atoms with Crippen molar-refractivity contribution in [2.45, 2.75) is 43.9 Å². The molecule has 3 nitrogen and oxygen atoms in total. The zero-order valence-corrected chi connectivity index (χ0v) is 11.3. The van der Waals surface area contributed by atoms with Crippen molar-refractivity contribution >= 4 is 0 Å². The van der Waals surface area contributed by atoms with Crippen molar-refractivity contribution in [3.05, 3.63) is 23.3 Å². The van der Waals surface area contributed by atoms with Gasteiger partial charge in [-0.3, -0.25) is 0 Å². The summed E-state index contributed by atoms with van der Waals surface area (Å²) in [5, 5.41) is 0. The Morgan fingerprint density at radius 2 is 1.90 bits per heavy atom. The van der Waals surface area contributed by atoms with Crippen molar-refractivity contribution < 1.29 is 18.3 Å². The van der Waals surface area contributed by atoms with Crippen LogP contribution in [0.25, 0.3) is 0 Å². The van der Waals surface area contributed by atoms with E-state index in [9.17, 15) is 8.78 Å². The van der Waals surface area contributed by atoms with Crippen molar-refractivity contribution in [3.63, 3.8) is 0 Å². The largest absolute Gasteiger partial charge is 0.454 e. The molecule has 3 rings (SSSR count). The van der Waals surface area contributed by atoms with Gasteiger partial charge in [-0.25, -0.2) is 8.78 Å². The molecule has 1 fully saturated rings. The molecule has 0 amide bonds. The van der Waals surface area contributed by atoms with Gasteiger partial charge in [0.05, 0.1) is 0 Å². The zero-order valence-electron chi connectivity index (χ0n) is 11.3. The van der Waals surface area contributed by atoms with Crippen LogP contribution in [0.4, 0.5) is 8.78 Å². The predicted octanol–water partition coefficient (Wildman–Crippen LogP) is 3.51. The SMILES string of the molecule is NCC1(c2cc(C(F)F)cc3c2OCO3)CCCCC1. The van der Waals surface area contributed by atoms with E-state index in [4.69, 9.17) is 15.2 Å². The van der Waals surface area contributed by atoms with Crippen molar-refractivity contribution in [2.24, 2.45) is 5.73 Å². The normalized spacial score (nSPS) is 20.4. The Morgan fingerprint density at radius 3 is 2.55 bits per heavy atom. The molecule has 0 bridgehead atoms. The molecule has 1 aromatic rings. The average molecular weight is 283 g/mol. The first-order chi connectivity index (χ1) is 9.66. The highest BCUT2D eigenvalue weighted by Gasteiger charge is 2.38. The molecule has 0 saturated heterocycles. The highest BCUT2D eigenvalue weighted by Crippen LogP contribution is 2.49. The molecule has 2 aliphatic rings. The minimum atomic E-state index is -2.51. The number of fused-ring (bicyclic) bond motifs is 1. The van der Waals surface area contributed by atoms with Gasteiger partial charge in [0.1, 0.15) is 0 Å². The van der Waals surface area contributed by atoms with Crippen LogP contribution in [0.3, 0.4) is 0 Å². The maximum atomic E-state index is 13.1. The van der Waals surface area contributed by atoms with E-state index < -0.39 is 6.43 Å². The summed E-state index contributed by atoms with van der Waals surface area (Å²) in [5.41, 5.74) is 6.56. The van der Waals surface area contributed by atoms with E-state index in [2.05, 4.69) is 0 Å². The highest BCUT2D eigenvalue weighted by atomic mass is 19.3. The van der Waals surface area contributed by atoms with E-state index in [0.29, 0.717) is 18.0 Å². The number of nitrogens with two attached hydrogens (primary N) is 1. The topological polar surface area (TPSA) is 44.5 Å². The molecule has 0 unspecified atom stereocenters. The summed E-state index contributed by atoms with van der Waals surface area (Å²) in [6.07, 6.45) is 2.66. The average Bonchev–Trinajstić information content (AvgIpc) is 2.95. The van der Waals surface area contributed by atoms with Gasteiger partial charge in [-0.05, 0) is 25.0 Å². The first kappa shape index (κ1) is 13.6. The Hall–Kier alpha value is -1.36. The van der Waals surface area contributed by atoms with Crippen molar-refractivity contribution in [2.75, 3.05) is 13.3 Å². The zero-order chi connectivity index (χ0) is 14.2. The molecule has 1 heterocycles. The summed E-state index contributed by atoms with van der Waals surface area (Å²) in [5.74, 6) is 1.04. The van der Waals surface area contributed by atoms with Crippen molar-refractivity contribution in [3.8, 4) is 11.5 Å². The Labute approximate surface area is 117 Å². The molecular formula is C15H19F2NO2. The van der Waals surface area contributed by atoms with E-state index in [0.717, 1.165) is 31.2 Å². The van der Waals surface area contributed by atoms with E-state index in [1.165, 1.54) is 12.5 Å². The molecule has 20 heavy (non-hydrogen) atoms. The van der Waals surface area contributed by atoms with E-state index >= 15 is 0 Å². The van der Waals surface area contributed by atoms with Gasteiger partial charge >= 0.3 is 0 Å². The number of rotatable bonds is 3. The Kier molecular flexibility index (Phi) is 3.54. The molecule has 1 aliphatic carbocycles. The lowest BCUT2D eigenvalue weighted by Gasteiger charge is -2.37. The second kappa shape index (κ2) is 5.20. The van der Waals surface area contributed by atoms with Gasteiger partial charge in [0.15, 0.2) is 11.5 Å². The first-order valence-corrected chi connectivity index (χ1v) is 7.08. The summed E-state index contributed by atoms with van der Waals surface area (Å²) >= 11 is 0. The van der Waals surface area contributed by atoms with E-state index in [-0.39, 0.29) is 17.8 Å². The molecule has 1 aliphatic heterocycles. The highest BCUT2D eigenvalue weighted by molar-refractivity contribution is 5.54. The monoisotopic (exact) mass is 283 g/mol. The molecule has 110 valence electrons. The van der Waals surface area contributed by atoms with Crippen LogP contribution in [0.15, 0.2) is 12.1 Å². The van der Waals surface area contributed by atoms with Gasteiger partial charge in [0, 0.05) is 23.1 Å². The number of ether oxygens (including phenoxy) is 2. The standard InChI is InChI=1S/C15H19F2NO2/c16-14(17)10-6-11(13-12(7-10)19-9-20-13)15(8-18)4-2-1-3-5-15/h6-7,14H,1-5,8-9,18H2. The van der Waals surface area contributed by atoms with Crippen LogP contribution in [0.2, 0.25) is 0 Å². The third kappa shape index (κ3) is 2.14. The number of alkyl halides is 2. The van der Waals surface area contributed by atoms with E-state index in [1.807, 2.05) is 0 Å².